The number of amides is 1. The highest BCUT2D eigenvalue weighted by atomic mass is 32.2. The van der Waals surface area contributed by atoms with E-state index >= 15 is 0 Å². The molecule has 0 spiro atoms. The Morgan fingerprint density at radius 2 is 2.04 bits per heavy atom. The molecule has 26 heavy (non-hydrogen) atoms. The molecule has 1 atom stereocenters. The van der Waals surface area contributed by atoms with Crippen LogP contribution in [0.3, 0.4) is 0 Å². The Balaban J connectivity index is 1.39. The van der Waals surface area contributed by atoms with Gasteiger partial charge in [0.25, 0.3) is 0 Å². The van der Waals surface area contributed by atoms with E-state index in [-0.39, 0.29) is 5.91 Å². The Hall–Kier alpha value is -1.75. The number of nitrogens with zero attached hydrogens (tertiary/aromatic N) is 3. The molecular weight excluding hydrogens is 342 g/mol. The second kappa shape index (κ2) is 7.87. The Bertz CT molecular complexity index is 751. The number of hydrogen-bond donors (Lipinski definition) is 0. The molecule has 1 aliphatic carbocycles. The van der Waals surface area contributed by atoms with Crippen LogP contribution in [0.1, 0.15) is 43.0 Å². The molecule has 0 bridgehead atoms. The molecule has 2 heterocycles. The molecule has 2 aliphatic rings. The lowest BCUT2D eigenvalue weighted by molar-refractivity contribution is -0.131. The quantitative estimate of drug-likeness (QED) is 0.723. The van der Waals surface area contributed by atoms with Gasteiger partial charge in [-0.2, -0.15) is 0 Å². The predicted molar refractivity (Wildman–Crippen MR) is 105 cm³/mol. The van der Waals surface area contributed by atoms with Crippen molar-refractivity contribution in [1.82, 2.24) is 14.5 Å². The third-order valence-electron chi connectivity index (χ3n) is 5.55. The second-order valence-electron chi connectivity index (χ2n) is 7.58. The van der Waals surface area contributed by atoms with Crippen molar-refractivity contribution in [1.29, 1.82) is 0 Å². The first-order valence-electron chi connectivity index (χ1n) is 9.64. The van der Waals surface area contributed by atoms with E-state index in [9.17, 15) is 4.79 Å². The lowest BCUT2D eigenvalue weighted by Gasteiger charge is -2.33. The highest BCUT2D eigenvalue weighted by molar-refractivity contribution is 7.98. The Labute approximate surface area is 160 Å². The first kappa shape index (κ1) is 17.7. The summed E-state index contributed by atoms with van der Waals surface area (Å²) in [6.07, 6.45) is 11.5. The van der Waals surface area contributed by atoms with Gasteiger partial charge in [-0.3, -0.25) is 4.79 Å². The smallest absolute Gasteiger partial charge is 0.227 e. The van der Waals surface area contributed by atoms with Crippen LogP contribution in [0.2, 0.25) is 0 Å². The number of thioether (sulfide) groups is 1. The zero-order valence-corrected chi connectivity index (χ0v) is 16.3. The van der Waals surface area contributed by atoms with Gasteiger partial charge in [-0.25, -0.2) is 4.98 Å². The summed E-state index contributed by atoms with van der Waals surface area (Å²) in [4.78, 5) is 20.7. The fraction of sp³-hybridized carbons (Fsp3) is 0.524. The van der Waals surface area contributed by atoms with E-state index in [0.717, 1.165) is 44.0 Å². The van der Waals surface area contributed by atoms with Crippen LogP contribution in [0.15, 0.2) is 41.6 Å². The van der Waals surface area contributed by atoms with Crippen molar-refractivity contribution in [3.63, 3.8) is 0 Å². The van der Waals surface area contributed by atoms with Crippen molar-refractivity contribution in [2.24, 2.45) is 5.92 Å². The molecule has 4 rings (SSSR count). The Kier molecular flexibility index (Phi) is 5.34. The van der Waals surface area contributed by atoms with Gasteiger partial charge in [-0.05, 0) is 55.6 Å². The zero-order chi connectivity index (χ0) is 17.9. The molecule has 1 amide bonds. The van der Waals surface area contributed by atoms with E-state index in [2.05, 4.69) is 46.3 Å². The number of carbonyl (C=O) groups is 1. The molecule has 1 aromatic heterocycles. The van der Waals surface area contributed by atoms with Crippen LogP contribution in [-0.4, -0.2) is 39.7 Å². The molecule has 4 nitrogen and oxygen atoms in total. The van der Waals surface area contributed by atoms with E-state index in [1.165, 1.54) is 23.6 Å². The van der Waals surface area contributed by atoms with Crippen molar-refractivity contribution < 1.29 is 4.79 Å². The van der Waals surface area contributed by atoms with E-state index in [4.69, 9.17) is 0 Å². The average Bonchev–Trinajstić information content (AvgIpc) is 3.37. The molecule has 0 unspecified atom stereocenters. The first-order valence-corrected chi connectivity index (χ1v) is 10.9. The Morgan fingerprint density at radius 3 is 2.77 bits per heavy atom. The molecule has 2 aromatic rings. The number of benzene rings is 1. The topological polar surface area (TPSA) is 38.1 Å². The van der Waals surface area contributed by atoms with Gasteiger partial charge in [0.1, 0.15) is 5.82 Å². The van der Waals surface area contributed by atoms with Crippen molar-refractivity contribution in [3.05, 3.63) is 48.0 Å². The minimum Gasteiger partial charge on any atom is -0.342 e. The molecular formula is C21H27N3OS. The normalized spacial score (nSPS) is 20.3. The number of carbonyl (C=O) groups excluding carboxylic acids is 1. The predicted octanol–water partition coefficient (Wildman–Crippen LogP) is 3.96. The zero-order valence-electron chi connectivity index (χ0n) is 15.4. The van der Waals surface area contributed by atoms with Crippen molar-refractivity contribution in [2.75, 3.05) is 19.3 Å². The molecule has 1 saturated heterocycles. The molecule has 1 saturated carbocycles. The summed E-state index contributed by atoms with van der Waals surface area (Å²) in [5, 5.41) is 0. The van der Waals surface area contributed by atoms with Gasteiger partial charge in [0.2, 0.25) is 5.91 Å². The Morgan fingerprint density at radius 1 is 1.23 bits per heavy atom. The van der Waals surface area contributed by atoms with Gasteiger partial charge in [0, 0.05) is 42.8 Å². The largest absolute Gasteiger partial charge is 0.342 e. The number of aromatic nitrogens is 2. The van der Waals surface area contributed by atoms with Gasteiger partial charge < -0.3 is 9.47 Å². The monoisotopic (exact) mass is 369 g/mol. The third kappa shape index (κ3) is 4.14. The fourth-order valence-electron chi connectivity index (χ4n) is 3.86. The molecule has 0 radical (unpaired) electrons. The number of likely N-dealkylation sites (tertiary alicyclic amines) is 1. The maximum atomic E-state index is 12.8. The van der Waals surface area contributed by atoms with E-state index in [1.54, 1.807) is 11.8 Å². The molecule has 138 valence electrons. The van der Waals surface area contributed by atoms with Crippen LogP contribution in [0.25, 0.3) is 0 Å². The van der Waals surface area contributed by atoms with Gasteiger partial charge in [-0.1, -0.05) is 12.1 Å². The molecule has 1 aromatic carbocycles. The summed E-state index contributed by atoms with van der Waals surface area (Å²) in [5.41, 5.74) is 1.10. The van der Waals surface area contributed by atoms with Crippen molar-refractivity contribution >= 4 is 17.7 Å². The van der Waals surface area contributed by atoms with Crippen LogP contribution >= 0.6 is 11.8 Å². The fourth-order valence-corrected chi connectivity index (χ4v) is 4.27. The summed E-state index contributed by atoms with van der Waals surface area (Å²) in [6.45, 7) is 2.78. The van der Waals surface area contributed by atoms with E-state index < -0.39 is 0 Å². The SMILES string of the molecule is CSc1ccc(CC(=O)N2CCC[C@@H](c3nccn3CC3CC3)C2)cc1. The summed E-state index contributed by atoms with van der Waals surface area (Å²) in [6, 6.07) is 8.35. The minimum absolute atomic E-state index is 0.243. The lowest BCUT2D eigenvalue weighted by Crippen LogP contribution is -2.40. The molecule has 0 N–H and O–H groups in total. The van der Waals surface area contributed by atoms with Crippen LogP contribution in [0.4, 0.5) is 0 Å². The highest BCUT2D eigenvalue weighted by Gasteiger charge is 2.29. The number of hydrogen-bond acceptors (Lipinski definition) is 3. The van der Waals surface area contributed by atoms with Crippen LogP contribution in [0, 0.1) is 5.92 Å². The third-order valence-corrected chi connectivity index (χ3v) is 6.30. The van der Waals surface area contributed by atoms with Crippen molar-refractivity contribution in [2.45, 2.75) is 49.5 Å². The summed E-state index contributed by atoms with van der Waals surface area (Å²) in [5.74, 6) is 2.64. The number of rotatable bonds is 6. The van der Waals surface area contributed by atoms with Crippen LogP contribution < -0.4 is 0 Å². The average molecular weight is 370 g/mol. The number of piperidine rings is 1. The first-order chi connectivity index (χ1) is 12.7. The molecule has 2 fully saturated rings. The van der Waals surface area contributed by atoms with E-state index in [1.807, 2.05) is 11.1 Å². The summed E-state index contributed by atoms with van der Waals surface area (Å²) >= 11 is 1.73. The van der Waals surface area contributed by atoms with Gasteiger partial charge >= 0.3 is 0 Å². The van der Waals surface area contributed by atoms with Crippen LogP contribution in [0.5, 0.6) is 0 Å². The minimum atomic E-state index is 0.243. The van der Waals surface area contributed by atoms with Crippen LogP contribution in [-0.2, 0) is 17.8 Å². The number of imidazole rings is 1. The maximum absolute atomic E-state index is 12.8. The maximum Gasteiger partial charge on any atom is 0.227 e. The van der Waals surface area contributed by atoms with Gasteiger partial charge in [0.15, 0.2) is 0 Å². The lowest BCUT2D eigenvalue weighted by atomic mass is 9.96. The standard InChI is InChI=1S/C21H27N3OS/c1-26-19-8-6-16(7-9-19)13-20(25)23-11-2-3-18(15-23)21-22-10-12-24(21)14-17-4-5-17/h6-10,12,17-18H,2-5,11,13-15H2,1H3/t18-/m1/s1. The van der Waals surface area contributed by atoms with Gasteiger partial charge in [0.05, 0.1) is 6.42 Å². The molecule has 1 aliphatic heterocycles. The van der Waals surface area contributed by atoms with Gasteiger partial charge in [-0.15, -0.1) is 11.8 Å². The van der Waals surface area contributed by atoms with Crippen molar-refractivity contribution in [3.8, 4) is 0 Å². The highest BCUT2D eigenvalue weighted by Crippen LogP contribution is 2.33. The molecule has 5 heteroatoms. The van der Waals surface area contributed by atoms with E-state index in [0.29, 0.717) is 12.3 Å². The summed E-state index contributed by atoms with van der Waals surface area (Å²) < 4.78 is 2.33. The summed E-state index contributed by atoms with van der Waals surface area (Å²) in [7, 11) is 0. The second-order valence-corrected chi connectivity index (χ2v) is 8.46.